The van der Waals surface area contributed by atoms with Gasteiger partial charge in [-0.3, -0.25) is 4.99 Å². The minimum Gasteiger partial charge on any atom is -0.296 e. The molecule has 0 fully saturated rings. The van der Waals surface area contributed by atoms with E-state index in [1.54, 1.807) is 6.07 Å². The molecule has 0 amide bonds. The van der Waals surface area contributed by atoms with Crippen molar-refractivity contribution >= 4 is 6.72 Å². The lowest BCUT2D eigenvalue weighted by atomic mass is 10.2. The summed E-state index contributed by atoms with van der Waals surface area (Å²) >= 11 is 0. The van der Waals surface area contributed by atoms with E-state index < -0.39 is 0 Å². The molecular weight excluding hydrogens is 129 g/mol. The van der Waals surface area contributed by atoms with Gasteiger partial charge in [0, 0.05) is 0 Å². The van der Waals surface area contributed by atoms with Crippen molar-refractivity contribution in [3.63, 3.8) is 0 Å². The molecule has 0 heterocycles. The summed E-state index contributed by atoms with van der Waals surface area (Å²) in [5.41, 5.74) is 0.856. The zero-order valence-electron chi connectivity index (χ0n) is 5.55. The van der Waals surface area contributed by atoms with Crippen molar-refractivity contribution in [2.24, 2.45) is 4.99 Å². The highest BCUT2D eigenvalue weighted by Crippen LogP contribution is 2.03. The maximum atomic E-state index is 12.4. The molecule has 1 nitrogen and oxygen atoms in total. The van der Waals surface area contributed by atoms with Crippen molar-refractivity contribution in [3.05, 3.63) is 35.6 Å². The Hall–Kier alpha value is -1.18. The van der Waals surface area contributed by atoms with Crippen LogP contribution >= 0.6 is 0 Å². The maximum absolute atomic E-state index is 12.4. The lowest BCUT2D eigenvalue weighted by molar-refractivity contribution is 0.625. The molecule has 0 aromatic heterocycles. The topological polar surface area (TPSA) is 12.4 Å². The molecule has 0 bridgehead atoms. The average molecular weight is 137 g/mol. The summed E-state index contributed by atoms with van der Waals surface area (Å²) in [6.45, 7) is 3.80. The molecular formula is C8H8FN. The van der Waals surface area contributed by atoms with Gasteiger partial charge in [0.25, 0.3) is 0 Å². The molecule has 0 spiro atoms. The molecule has 1 aromatic rings. The quantitative estimate of drug-likeness (QED) is 0.553. The van der Waals surface area contributed by atoms with Crippen LogP contribution in [0.5, 0.6) is 0 Å². The van der Waals surface area contributed by atoms with Crippen molar-refractivity contribution in [3.8, 4) is 0 Å². The van der Waals surface area contributed by atoms with Crippen molar-refractivity contribution in [2.45, 2.75) is 6.54 Å². The fourth-order valence-corrected chi connectivity index (χ4v) is 0.764. The second-order valence-electron chi connectivity index (χ2n) is 2.01. The van der Waals surface area contributed by atoms with Crippen LogP contribution in [0.4, 0.5) is 4.39 Å². The van der Waals surface area contributed by atoms with Crippen LogP contribution in [0.1, 0.15) is 5.56 Å². The number of hydrogen-bond donors (Lipinski definition) is 0. The van der Waals surface area contributed by atoms with Gasteiger partial charge in [0.15, 0.2) is 0 Å². The largest absolute Gasteiger partial charge is 0.296 e. The third-order valence-electron chi connectivity index (χ3n) is 1.18. The third kappa shape index (κ3) is 1.65. The molecule has 0 unspecified atom stereocenters. The number of benzene rings is 1. The Labute approximate surface area is 59.2 Å². The summed E-state index contributed by atoms with van der Waals surface area (Å²) in [5, 5.41) is 0. The van der Waals surface area contributed by atoms with E-state index in [-0.39, 0.29) is 5.82 Å². The first-order valence-electron chi connectivity index (χ1n) is 3.00. The van der Waals surface area contributed by atoms with E-state index in [0.29, 0.717) is 6.54 Å². The Morgan fingerprint density at radius 1 is 1.50 bits per heavy atom. The summed E-state index contributed by atoms with van der Waals surface area (Å²) in [5.74, 6) is -0.221. The molecule has 0 aliphatic heterocycles. The second-order valence-corrected chi connectivity index (χ2v) is 2.01. The smallest absolute Gasteiger partial charge is 0.123 e. The molecule has 0 radical (unpaired) electrons. The van der Waals surface area contributed by atoms with Crippen LogP contribution in [0, 0.1) is 5.82 Å². The van der Waals surface area contributed by atoms with E-state index in [9.17, 15) is 4.39 Å². The Kier molecular flexibility index (Phi) is 2.15. The number of aliphatic imine (C=N–C) groups is 1. The minimum atomic E-state index is -0.221. The lowest BCUT2D eigenvalue weighted by Gasteiger charge is -1.93. The number of rotatable bonds is 2. The lowest BCUT2D eigenvalue weighted by Crippen LogP contribution is -1.81. The maximum Gasteiger partial charge on any atom is 0.123 e. The van der Waals surface area contributed by atoms with Gasteiger partial charge in [-0.05, 0) is 24.4 Å². The fraction of sp³-hybridized carbons (Fsp3) is 0.125. The molecule has 0 aliphatic rings. The zero-order valence-corrected chi connectivity index (χ0v) is 5.55. The number of nitrogens with zero attached hydrogens (tertiary/aromatic N) is 1. The number of hydrogen-bond acceptors (Lipinski definition) is 1. The standard InChI is InChI=1S/C8H8FN/c1-10-6-7-3-2-4-8(9)5-7/h2-5H,1,6H2. The van der Waals surface area contributed by atoms with E-state index in [0.717, 1.165) is 5.56 Å². The second kappa shape index (κ2) is 3.11. The summed E-state index contributed by atoms with van der Waals surface area (Å²) in [6, 6.07) is 6.34. The molecule has 1 aromatic carbocycles. The Morgan fingerprint density at radius 3 is 2.90 bits per heavy atom. The van der Waals surface area contributed by atoms with Gasteiger partial charge in [-0.1, -0.05) is 12.1 Å². The molecule has 2 heteroatoms. The SMILES string of the molecule is C=NCc1cccc(F)c1. The molecule has 1 rings (SSSR count). The van der Waals surface area contributed by atoms with Gasteiger partial charge < -0.3 is 0 Å². The Balaban J connectivity index is 2.84. The first-order chi connectivity index (χ1) is 4.83. The predicted octanol–water partition coefficient (Wildman–Crippen LogP) is 2.03. The van der Waals surface area contributed by atoms with Crippen LogP contribution in [-0.2, 0) is 6.54 Å². The summed E-state index contributed by atoms with van der Waals surface area (Å²) in [4.78, 5) is 3.63. The van der Waals surface area contributed by atoms with Crippen LogP contribution in [0.3, 0.4) is 0 Å². The third-order valence-corrected chi connectivity index (χ3v) is 1.18. The summed E-state index contributed by atoms with van der Waals surface area (Å²) < 4.78 is 12.4. The van der Waals surface area contributed by atoms with Crippen molar-refractivity contribution in [2.75, 3.05) is 0 Å². The first kappa shape index (κ1) is 6.93. The van der Waals surface area contributed by atoms with Gasteiger partial charge in [-0.2, -0.15) is 0 Å². The molecule has 0 atom stereocenters. The number of halogens is 1. The highest BCUT2D eigenvalue weighted by Gasteiger charge is 1.90. The molecule has 52 valence electrons. The summed E-state index contributed by atoms with van der Waals surface area (Å²) in [7, 11) is 0. The van der Waals surface area contributed by atoms with Crippen molar-refractivity contribution < 1.29 is 4.39 Å². The van der Waals surface area contributed by atoms with E-state index in [4.69, 9.17) is 0 Å². The normalized spacial score (nSPS) is 9.30. The Bertz CT molecular complexity index is 232. The van der Waals surface area contributed by atoms with Gasteiger partial charge >= 0.3 is 0 Å². The minimum absolute atomic E-state index is 0.221. The first-order valence-corrected chi connectivity index (χ1v) is 3.00. The predicted molar refractivity (Wildman–Crippen MR) is 39.7 cm³/mol. The van der Waals surface area contributed by atoms with Crippen LogP contribution in [0.25, 0.3) is 0 Å². The van der Waals surface area contributed by atoms with Crippen molar-refractivity contribution in [1.82, 2.24) is 0 Å². The highest BCUT2D eigenvalue weighted by molar-refractivity contribution is 5.25. The molecule has 0 saturated heterocycles. The molecule has 0 saturated carbocycles. The van der Waals surface area contributed by atoms with Gasteiger partial charge in [-0.15, -0.1) is 0 Å². The van der Waals surface area contributed by atoms with E-state index in [1.807, 2.05) is 6.07 Å². The highest BCUT2D eigenvalue weighted by atomic mass is 19.1. The Morgan fingerprint density at radius 2 is 2.30 bits per heavy atom. The monoisotopic (exact) mass is 137 g/mol. The van der Waals surface area contributed by atoms with E-state index in [1.165, 1.54) is 12.1 Å². The zero-order chi connectivity index (χ0) is 7.40. The van der Waals surface area contributed by atoms with Gasteiger partial charge in [0.05, 0.1) is 6.54 Å². The van der Waals surface area contributed by atoms with Crippen LogP contribution in [0.15, 0.2) is 29.3 Å². The fourth-order valence-electron chi connectivity index (χ4n) is 0.764. The average Bonchev–Trinajstić information content (AvgIpc) is 1.88. The molecule has 10 heavy (non-hydrogen) atoms. The van der Waals surface area contributed by atoms with Crippen LogP contribution in [0.2, 0.25) is 0 Å². The van der Waals surface area contributed by atoms with Gasteiger partial charge in [-0.25, -0.2) is 4.39 Å². The summed E-state index contributed by atoms with van der Waals surface area (Å²) in [6.07, 6.45) is 0. The van der Waals surface area contributed by atoms with Gasteiger partial charge in [0.1, 0.15) is 5.82 Å². The molecule has 0 aliphatic carbocycles. The van der Waals surface area contributed by atoms with Crippen molar-refractivity contribution in [1.29, 1.82) is 0 Å². The van der Waals surface area contributed by atoms with Crippen LogP contribution < -0.4 is 0 Å². The molecule has 0 N–H and O–H groups in total. The van der Waals surface area contributed by atoms with Crippen LogP contribution in [-0.4, -0.2) is 6.72 Å². The van der Waals surface area contributed by atoms with E-state index >= 15 is 0 Å². The van der Waals surface area contributed by atoms with E-state index in [2.05, 4.69) is 11.7 Å². The van der Waals surface area contributed by atoms with Gasteiger partial charge in [0.2, 0.25) is 0 Å².